The molecule has 96 valence electrons. The summed E-state index contributed by atoms with van der Waals surface area (Å²) in [5.74, 6) is 0.904. The topological polar surface area (TPSA) is 48.4 Å². The van der Waals surface area contributed by atoms with Gasteiger partial charge >= 0.3 is 0 Å². The van der Waals surface area contributed by atoms with Crippen LogP contribution in [0.3, 0.4) is 0 Å². The van der Waals surface area contributed by atoms with Gasteiger partial charge < -0.3 is 10.4 Å². The first-order valence-electron chi connectivity index (χ1n) is 6.02. The van der Waals surface area contributed by atoms with Crippen LogP contribution in [0.5, 0.6) is 0 Å². The molecule has 0 saturated heterocycles. The molecule has 1 aromatic heterocycles. The molecule has 0 radical (unpaired) electrons. The average Bonchev–Trinajstić information content (AvgIpc) is 2.27. The van der Waals surface area contributed by atoms with Crippen LogP contribution in [-0.4, -0.2) is 40.7 Å². The maximum atomic E-state index is 9.85. The van der Waals surface area contributed by atoms with Gasteiger partial charge in [0.25, 0.3) is 0 Å². The maximum absolute atomic E-state index is 9.85. The maximum Gasteiger partial charge on any atom is 0.130 e. The number of aliphatic hydroxyl groups is 1. The van der Waals surface area contributed by atoms with Gasteiger partial charge in [0.2, 0.25) is 0 Å². The summed E-state index contributed by atoms with van der Waals surface area (Å²) in [5, 5.41) is 12.9. The number of aromatic nitrogens is 1. The minimum absolute atomic E-state index is 0.654. The number of anilines is 1. The molecule has 0 amide bonds. The fraction of sp³-hybridized carbons (Fsp3) is 0.615. The molecule has 0 fully saturated rings. The molecule has 0 saturated carbocycles. The van der Waals surface area contributed by atoms with Gasteiger partial charge in [-0.25, -0.2) is 4.98 Å². The van der Waals surface area contributed by atoms with Crippen molar-refractivity contribution in [2.45, 2.75) is 32.9 Å². The molecular formula is C13H23N3O. The van der Waals surface area contributed by atoms with Gasteiger partial charge in [-0.3, -0.25) is 4.90 Å². The first kappa shape index (κ1) is 13.9. The molecule has 1 heterocycles. The standard InChI is InChI=1S/C13H23N3O/c1-5-16(10-13(2,3)17)9-11-7-6-8-15-12(11)14-4/h6-8,17H,5,9-10H2,1-4H3,(H,14,15). The van der Waals surface area contributed by atoms with Crippen LogP contribution in [0.1, 0.15) is 26.3 Å². The Kier molecular flexibility index (Phi) is 4.90. The molecule has 4 heteroatoms. The van der Waals surface area contributed by atoms with Crippen LogP contribution in [0.4, 0.5) is 5.82 Å². The molecule has 17 heavy (non-hydrogen) atoms. The first-order chi connectivity index (χ1) is 7.96. The minimum atomic E-state index is -0.669. The van der Waals surface area contributed by atoms with E-state index in [-0.39, 0.29) is 0 Å². The van der Waals surface area contributed by atoms with Crippen molar-refractivity contribution in [3.8, 4) is 0 Å². The van der Waals surface area contributed by atoms with Crippen molar-refractivity contribution in [3.05, 3.63) is 23.9 Å². The normalized spacial score (nSPS) is 11.9. The predicted molar refractivity (Wildman–Crippen MR) is 71.0 cm³/mol. The van der Waals surface area contributed by atoms with Crippen molar-refractivity contribution in [1.82, 2.24) is 9.88 Å². The van der Waals surface area contributed by atoms with Gasteiger partial charge in [0, 0.05) is 31.9 Å². The molecule has 1 aromatic rings. The molecule has 0 spiro atoms. The molecule has 0 bridgehead atoms. The summed E-state index contributed by atoms with van der Waals surface area (Å²) in [6.45, 7) is 8.12. The third-order valence-corrected chi connectivity index (χ3v) is 2.58. The summed E-state index contributed by atoms with van der Waals surface area (Å²) < 4.78 is 0. The molecule has 0 aliphatic heterocycles. The van der Waals surface area contributed by atoms with E-state index in [1.54, 1.807) is 6.20 Å². The number of rotatable bonds is 6. The summed E-state index contributed by atoms with van der Waals surface area (Å²) in [4.78, 5) is 6.49. The SMILES string of the molecule is CCN(Cc1cccnc1NC)CC(C)(C)O. The average molecular weight is 237 g/mol. The van der Waals surface area contributed by atoms with Gasteiger partial charge in [-0.05, 0) is 26.5 Å². The fourth-order valence-electron chi connectivity index (χ4n) is 1.86. The van der Waals surface area contributed by atoms with E-state index in [0.717, 1.165) is 24.5 Å². The summed E-state index contributed by atoms with van der Waals surface area (Å²) in [6.07, 6.45) is 1.78. The van der Waals surface area contributed by atoms with E-state index in [1.165, 1.54) is 0 Å². The highest BCUT2D eigenvalue weighted by molar-refractivity contribution is 5.42. The molecule has 1 rings (SSSR count). The minimum Gasteiger partial charge on any atom is -0.389 e. The van der Waals surface area contributed by atoms with Crippen molar-refractivity contribution in [2.24, 2.45) is 0 Å². The highest BCUT2D eigenvalue weighted by Gasteiger charge is 2.18. The second kappa shape index (κ2) is 5.98. The second-order valence-corrected chi connectivity index (χ2v) is 4.88. The Hall–Kier alpha value is -1.13. The van der Waals surface area contributed by atoms with Gasteiger partial charge in [-0.1, -0.05) is 13.0 Å². The fourth-order valence-corrected chi connectivity index (χ4v) is 1.86. The van der Waals surface area contributed by atoms with Crippen molar-refractivity contribution in [3.63, 3.8) is 0 Å². The lowest BCUT2D eigenvalue weighted by Gasteiger charge is -2.28. The van der Waals surface area contributed by atoms with Crippen molar-refractivity contribution in [1.29, 1.82) is 0 Å². The molecule has 0 aromatic carbocycles. The lowest BCUT2D eigenvalue weighted by Crippen LogP contribution is -2.38. The third-order valence-electron chi connectivity index (χ3n) is 2.58. The van der Waals surface area contributed by atoms with Crippen LogP contribution in [0.2, 0.25) is 0 Å². The number of nitrogens with zero attached hydrogens (tertiary/aromatic N) is 2. The van der Waals surface area contributed by atoms with E-state index in [9.17, 15) is 5.11 Å². The molecule has 2 N–H and O–H groups in total. The number of hydrogen-bond donors (Lipinski definition) is 2. The Morgan fingerprint density at radius 2 is 2.18 bits per heavy atom. The summed E-state index contributed by atoms with van der Waals surface area (Å²) in [6, 6.07) is 4.00. The van der Waals surface area contributed by atoms with E-state index >= 15 is 0 Å². The van der Waals surface area contributed by atoms with Gasteiger partial charge in [-0.2, -0.15) is 0 Å². The Morgan fingerprint density at radius 3 is 2.71 bits per heavy atom. The third kappa shape index (κ3) is 4.71. The predicted octanol–water partition coefficient (Wildman–Crippen LogP) is 1.72. The van der Waals surface area contributed by atoms with Crippen LogP contribution in [-0.2, 0) is 6.54 Å². The largest absolute Gasteiger partial charge is 0.389 e. The molecule has 0 atom stereocenters. The van der Waals surface area contributed by atoms with Crippen LogP contribution < -0.4 is 5.32 Å². The molecular weight excluding hydrogens is 214 g/mol. The van der Waals surface area contributed by atoms with Crippen LogP contribution in [0.25, 0.3) is 0 Å². The molecule has 4 nitrogen and oxygen atoms in total. The highest BCUT2D eigenvalue weighted by atomic mass is 16.3. The zero-order chi connectivity index (χ0) is 12.9. The lowest BCUT2D eigenvalue weighted by atomic mass is 10.1. The van der Waals surface area contributed by atoms with Crippen molar-refractivity contribution >= 4 is 5.82 Å². The Labute approximate surface area is 104 Å². The van der Waals surface area contributed by atoms with E-state index < -0.39 is 5.60 Å². The number of hydrogen-bond acceptors (Lipinski definition) is 4. The number of likely N-dealkylation sites (N-methyl/N-ethyl adjacent to an activating group) is 1. The van der Waals surface area contributed by atoms with Crippen LogP contribution in [0.15, 0.2) is 18.3 Å². The van der Waals surface area contributed by atoms with Gasteiger partial charge in [-0.15, -0.1) is 0 Å². The molecule has 0 aliphatic carbocycles. The van der Waals surface area contributed by atoms with E-state index in [2.05, 4.69) is 28.2 Å². The zero-order valence-corrected chi connectivity index (χ0v) is 11.2. The molecule has 0 aliphatic rings. The summed E-state index contributed by atoms with van der Waals surface area (Å²) in [7, 11) is 1.87. The lowest BCUT2D eigenvalue weighted by molar-refractivity contribution is 0.0354. The number of nitrogens with one attached hydrogen (secondary N) is 1. The monoisotopic (exact) mass is 237 g/mol. The Morgan fingerprint density at radius 1 is 1.47 bits per heavy atom. The first-order valence-corrected chi connectivity index (χ1v) is 6.02. The zero-order valence-electron chi connectivity index (χ0n) is 11.2. The van der Waals surface area contributed by atoms with Gasteiger partial charge in [0.15, 0.2) is 0 Å². The molecule has 0 unspecified atom stereocenters. The Bertz CT molecular complexity index is 347. The highest BCUT2D eigenvalue weighted by Crippen LogP contribution is 2.15. The van der Waals surface area contributed by atoms with Crippen LogP contribution in [0, 0.1) is 0 Å². The van der Waals surface area contributed by atoms with Crippen molar-refractivity contribution in [2.75, 3.05) is 25.5 Å². The smallest absolute Gasteiger partial charge is 0.130 e. The van der Waals surface area contributed by atoms with Gasteiger partial charge in [0.1, 0.15) is 5.82 Å². The summed E-state index contributed by atoms with van der Waals surface area (Å²) in [5.41, 5.74) is 0.485. The number of pyridine rings is 1. The Balaban J connectivity index is 2.73. The second-order valence-electron chi connectivity index (χ2n) is 4.88. The van der Waals surface area contributed by atoms with E-state index in [4.69, 9.17) is 0 Å². The van der Waals surface area contributed by atoms with Crippen LogP contribution >= 0.6 is 0 Å². The van der Waals surface area contributed by atoms with Crippen molar-refractivity contribution < 1.29 is 5.11 Å². The quantitative estimate of drug-likeness (QED) is 0.791. The van der Waals surface area contributed by atoms with E-state index in [0.29, 0.717) is 6.54 Å². The van der Waals surface area contributed by atoms with E-state index in [1.807, 2.05) is 27.0 Å². The van der Waals surface area contributed by atoms with Gasteiger partial charge in [0.05, 0.1) is 5.60 Å². The summed E-state index contributed by atoms with van der Waals surface area (Å²) >= 11 is 0.